The number of aliphatic hydroxyl groups excluding tert-OH is 2. The number of nitro groups is 1. The Kier molecular flexibility index (Phi) is 16.5. The van der Waals surface area contributed by atoms with Crippen LogP contribution in [0.5, 0.6) is 0 Å². The van der Waals surface area contributed by atoms with Gasteiger partial charge >= 0.3 is 24.4 Å². The maximum Gasteiger partial charge on any atom is 0.410 e. The van der Waals surface area contributed by atoms with Crippen molar-refractivity contribution in [3.63, 3.8) is 0 Å². The molecule has 8 N–H and O–H groups in total. The Balaban J connectivity index is 1.64. The van der Waals surface area contributed by atoms with Crippen molar-refractivity contribution < 1.29 is 72.6 Å². The Morgan fingerprint density at radius 1 is 0.906 bits per heavy atom. The van der Waals surface area contributed by atoms with Gasteiger partial charge in [0, 0.05) is 37.2 Å². The number of nitrogens with zero attached hydrogens (tertiary/aromatic N) is 2. The highest BCUT2D eigenvalue weighted by molar-refractivity contribution is 5.70. The van der Waals surface area contributed by atoms with Crippen LogP contribution in [0.2, 0.25) is 0 Å². The average molecular weight is 911 g/mol. The van der Waals surface area contributed by atoms with Gasteiger partial charge in [0.2, 0.25) is 0 Å². The molecule has 4 amide bonds. The Morgan fingerprint density at radius 2 is 1.47 bits per heavy atom. The number of likely N-dealkylation sites (N-methyl/N-ethyl adjacent to an activating group) is 1. The molecule has 360 valence electrons. The molecule has 0 bridgehead atoms. The van der Waals surface area contributed by atoms with Crippen LogP contribution in [0.3, 0.4) is 0 Å². The third-order valence-corrected chi connectivity index (χ3v) is 10.3. The molecule has 22 heteroatoms. The molecule has 1 unspecified atom stereocenters. The second-order valence-electron chi connectivity index (χ2n) is 19.5. The fraction of sp³-hybridized carbons (Fsp3) is 0.714. The minimum absolute atomic E-state index is 0.118. The largest absolute Gasteiger partial charge is 0.491 e. The third kappa shape index (κ3) is 14.5. The number of carbonyl (C=O) groups excluding carboxylic acids is 4. The standard InChI is InChI=1S/C42H66N6O16/c1-39(2,3)62-36(52)45-26-18-27(46-37(53)63-40(4,5)6)32(61-34-30(50)33(42(10,55)21-59-34)47(11)38(54)64-41(7,8)9)29(49)28(26)31-25(43)17-16-24(60-31)19-44-35(51)58-20-22-12-14-23(15-13-22)48(56)57/h12-16,25-34,49-50,55H,17-21,43H2,1-11H3,(H,44,51)(H,45,52)(H,46,53)/t25-,26+,27-,28-,29+,30-,31?,32+,33-,34-,42+/m1/s1. The van der Waals surface area contributed by atoms with Crippen LogP contribution in [0, 0.1) is 16.0 Å². The van der Waals surface area contributed by atoms with E-state index in [1.54, 1.807) is 68.4 Å². The maximum atomic E-state index is 13.4. The number of nitro benzene ring substituents is 1. The van der Waals surface area contributed by atoms with Crippen LogP contribution in [0.4, 0.5) is 24.9 Å². The number of carbonyl (C=O) groups is 4. The molecule has 64 heavy (non-hydrogen) atoms. The molecular weight excluding hydrogens is 844 g/mol. The van der Waals surface area contributed by atoms with Crippen LogP contribution in [0.25, 0.3) is 0 Å². The van der Waals surface area contributed by atoms with Gasteiger partial charge in [0.05, 0.1) is 36.3 Å². The molecule has 1 aromatic rings. The molecule has 1 saturated heterocycles. The Morgan fingerprint density at radius 3 is 2.02 bits per heavy atom. The van der Waals surface area contributed by atoms with Gasteiger partial charge in [-0.05, 0) is 106 Å². The van der Waals surface area contributed by atoms with E-state index in [0.29, 0.717) is 5.56 Å². The van der Waals surface area contributed by atoms with Gasteiger partial charge in [-0.2, -0.15) is 0 Å². The van der Waals surface area contributed by atoms with Gasteiger partial charge in [-0.25, -0.2) is 19.2 Å². The summed E-state index contributed by atoms with van der Waals surface area (Å²) in [4.78, 5) is 64.1. The minimum atomic E-state index is -1.81. The number of rotatable bonds is 11. The first-order chi connectivity index (χ1) is 29.4. The molecule has 1 saturated carbocycles. The number of nitrogens with one attached hydrogen (secondary N) is 3. The number of amides is 4. The summed E-state index contributed by atoms with van der Waals surface area (Å²) in [7, 11) is 1.34. The second-order valence-corrected chi connectivity index (χ2v) is 19.5. The third-order valence-electron chi connectivity index (χ3n) is 10.3. The lowest BCUT2D eigenvalue weighted by Gasteiger charge is -2.52. The molecule has 2 aliphatic heterocycles. The lowest BCUT2D eigenvalue weighted by Crippen LogP contribution is -2.70. The SMILES string of the molecule is CN(C(=O)OC(C)(C)C)[C@@H]1[C@@H](O)[C@@H](O[C@@H]2[C@@H](O)[C@H](C3OC(CNC(=O)OCc4ccc([N+](=O)[O-])cc4)=CC[C@H]3N)[C@@H](NC(=O)OC(C)(C)C)C[C@H]2NC(=O)OC(C)(C)C)OC[C@]1(C)O. The van der Waals surface area contributed by atoms with Gasteiger partial charge in [-0.15, -0.1) is 0 Å². The van der Waals surface area contributed by atoms with Crippen molar-refractivity contribution in [3.8, 4) is 0 Å². The maximum absolute atomic E-state index is 13.4. The highest BCUT2D eigenvalue weighted by Gasteiger charge is 2.56. The fourth-order valence-corrected chi connectivity index (χ4v) is 7.66. The Labute approximate surface area is 372 Å². The van der Waals surface area contributed by atoms with Crippen molar-refractivity contribution in [1.29, 1.82) is 0 Å². The van der Waals surface area contributed by atoms with Crippen LogP contribution in [-0.4, -0.2) is 147 Å². The molecule has 0 aromatic heterocycles. The molecule has 22 nitrogen and oxygen atoms in total. The van der Waals surface area contributed by atoms with Crippen molar-refractivity contribution in [2.45, 2.75) is 166 Å². The van der Waals surface area contributed by atoms with Crippen molar-refractivity contribution in [2.75, 3.05) is 20.2 Å². The molecule has 1 aliphatic carbocycles. The summed E-state index contributed by atoms with van der Waals surface area (Å²) in [6.07, 6.45) is -9.35. The quantitative estimate of drug-likeness (QED) is 0.0953. The first-order valence-electron chi connectivity index (χ1n) is 21.0. The van der Waals surface area contributed by atoms with E-state index in [0.717, 1.165) is 4.90 Å². The summed E-state index contributed by atoms with van der Waals surface area (Å²) < 4.78 is 40.5. The number of benzene rings is 1. The predicted molar refractivity (Wildman–Crippen MR) is 226 cm³/mol. The highest BCUT2D eigenvalue weighted by atomic mass is 16.7. The van der Waals surface area contributed by atoms with Crippen LogP contribution in [-0.2, 0) is 39.8 Å². The number of nitrogens with two attached hydrogens (primary N) is 1. The first kappa shape index (κ1) is 51.6. The van der Waals surface area contributed by atoms with E-state index in [4.69, 9.17) is 38.9 Å². The van der Waals surface area contributed by atoms with Gasteiger partial charge in [-0.3, -0.25) is 10.1 Å². The zero-order valence-corrected chi connectivity index (χ0v) is 38.3. The van der Waals surface area contributed by atoms with Crippen molar-refractivity contribution in [1.82, 2.24) is 20.9 Å². The topological polar surface area (TPSA) is 302 Å². The molecule has 11 atom stereocenters. The molecule has 4 rings (SSSR count). The molecule has 1 aromatic carbocycles. The molecule has 2 heterocycles. The molecule has 0 spiro atoms. The number of alkyl carbamates (subject to hydrolysis) is 3. The minimum Gasteiger partial charge on any atom is -0.491 e. The number of non-ortho nitro benzene ring substituents is 1. The summed E-state index contributed by atoms with van der Waals surface area (Å²) in [6.45, 7) is 15.5. The number of hydrogen-bond donors (Lipinski definition) is 7. The number of aliphatic hydroxyl groups is 3. The van der Waals surface area contributed by atoms with E-state index in [1.807, 2.05) is 0 Å². The first-order valence-corrected chi connectivity index (χ1v) is 21.0. The van der Waals surface area contributed by atoms with Gasteiger partial charge in [-0.1, -0.05) is 0 Å². The zero-order valence-electron chi connectivity index (χ0n) is 38.3. The van der Waals surface area contributed by atoms with Crippen LogP contribution in [0.15, 0.2) is 36.1 Å². The summed E-state index contributed by atoms with van der Waals surface area (Å²) in [5, 5.41) is 54.8. The van der Waals surface area contributed by atoms with Gasteiger partial charge < -0.3 is 75.1 Å². The summed E-state index contributed by atoms with van der Waals surface area (Å²) in [5.41, 5.74) is 2.44. The van der Waals surface area contributed by atoms with Crippen molar-refractivity contribution in [3.05, 3.63) is 51.8 Å². The highest BCUT2D eigenvalue weighted by Crippen LogP contribution is 2.38. The van der Waals surface area contributed by atoms with Crippen LogP contribution >= 0.6 is 0 Å². The van der Waals surface area contributed by atoms with Crippen molar-refractivity contribution >= 4 is 30.1 Å². The molecule has 2 fully saturated rings. The molecular formula is C42H66N6O16. The van der Waals surface area contributed by atoms with E-state index < -0.39 is 119 Å². The van der Waals surface area contributed by atoms with Gasteiger partial charge in [0.25, 0.3) is 5.69 Å². The zero-order chi connectivity index (χ0) is 48.1. The Hall–Kier alpha value is -5.00. The van der Waals surface area contributed by atoms with Crippen LogP contribution < -0.4 is 21.7 Å². The molecule has 3 aliphatic rings. The Bertz CT molecular complexity index is 1840. The summed E-state index contributed by atoms with van der Waals surface area (Å²) in [5.74, 6) is -0.902. The fourth-order valence-electron chi connectivity index (χ4n) is 7.66. The van der Waals surface area contributed by atoms with E-state index in [-0.39, 0.29) is 37.4 Å². The summed E-state index contributed by atoms with van der Waals surface area (Å²) in [6, 6.07) is 1.12. The van der Waals surface area contributed by atoms with E-state index in [1.165, 1.54) is 38.2 Å². The van der Waals surface area contributed by atoms with E-state index in [2.05, 4.69) is 16.0 Å². The monoisotopic (exact) mass is 910 g/mol. The van der Waals surface area contributed by atoms with Crippen molar-refractivity contribution in [2.24, 2.45) is 11.7 Å². The average Bonchev–Trinajstić information content (AvgIpc) is 3.14. The van der Waals surface area contributed by atoms with Gasteiger partial charge in [0.15, 0.2) is 6.29 Å². The van der Waals surface area contributed by atoms with E-state index in [9.17, 15) is 44.6 Å². The van der Waals surface area contributed by atoms with E-state index >= 15 is 0 Å². The smallest absolute Gasteiger partial charge is 0.410 e. The predicted octanol–water partition coefficient (Wildman–Crippen LogP) is 3.08. The summed E-state index contributed by atoms with van der Waals surface area (Å²) >= 11 is 0. The lowest BCUT2D eigenvalue weighted by atomic mass is 9.72. The molecule has 0 radical (unpaired) electrons. The lowest BCUT2D eigenvalue weighted by molar-refractivity contribution is -0.384. The van der Waals surface area contributed by atoms with Gasteiger partial charge in [0.1, 0.15) is 53.1 Å². The number of ether oxygens (including phenoxy) is 7. The normalized spacial score (nSPS) is 29.8. The van der Waals surface area contributed by atoms with Crippen LogP contribution in [0.1, 0.15) is 87.6 Å². The second kappa shape index (κ2) is 20.4. The number of hydrogen-bond acceptors (Lipinski definition) is 17.